The Hall–Kier alpha value is -3.08. The number of hydrogen-bond donors (Lipinski definition) is 1. The Labute approximate surface area is 158 Å². The molecule has 2 aromatic carbocycles. The number of rotatable bonds is 6. The highest BCUT2D eigenvalue weighted by molar-refractivity contribution is 5.85. The highest BCUT2D eigenvalue weighted by Crippen LogP contribution is 2.19. The summed E-state index contributed by atoms with van der Waals surface area (Å²) in [5.41, 5.74) is 2.95. The molecule has 0 saturated carbocycles. The number of benzene rings is 2. The summed E-state index contributed by atoms with van der Waals surface area (Å²) in [5.74, 6) is -0.747. The molecular formula is C22H24N2O3. The molecule has 0 bridgehead atoms. The maximum atomic E-state index is 12.4. The van der Waals surface area contributed by atoms with Crippen LogP contribution in [0.3, 0.4) is 0 Å². The summed E-state index contributed by atoms with van der Waals surface area (Å²) in [6, 6.07) is 19.4. The van der Waals surface area contributed by atoms with Gasteiger partial charge >= 0.3 is 5.97 Å². The summed E-state index contributed by atoms with van der Waals surface area (Å²) in [5, 5.41) is 3.95. The van der Waals surface area contributed by atoms with Gasteiger partial charge in [-0.1, -0.05) is 48.5 Å². The second-order valence-electron chi connectivity index (χ2n) is 6.70. The zero-order valence-electron chi connectivity index (χ0n) is 15.8. The molecule has 0 aliphatic rings. The predicted molar refractivity (Wildman–Crippen MR) is 105 cm³/mol. The molecule has 3 rings (SSSR count). The van der Waals surface area contributed by atoms with Crippen LogP contribution >= 0.6 is 0 Å². The second kappa shape index (κ2) is 8.08. The molecule has 0 radical (unpaired) electrons. The van der Waals surface area contributed by atoms with Gasteiger partial charge in [0.25, 0.3) is 5.91 Å². The van der Waals surface area contributed by atoms with Gasteiger partial charge in [-0.25, -0.2) is 0 Å². The maximum absolute atomic E-state index is 12.4. The number of aromatic nitrogens is 1. The maximum Gasteiger partial charge on any atom is 0.326 e. The number of fused-ring (bicyclic) bond motifs is 1. The average Bonchev–Trinajstić information content (AvgIpc) is 2.97. The van der Waals surface area contributed by atoms with Crippen molar-refractivity contribution in [1.82, 2.24) is 9.88 Å². The SMILES string of the molecule is Cc1cc2ccccc2n1CC(=O)OC(C)C(=O)NC(C)c1ccccc1. The van der Waals surface area contributed by atoms with Gasteiger partial charge in [-0.15, -0.1) is 0 Å². The molecule has 1 heterocycles. The van der Waals surface area contributed by atoms with Crippen LogP contribution in [0.5, 0.6) is 0 Å². The van der Waals surface area contributed by atoms with E-state index in [0.717, 1.165) is 22.2 Å². The van der Waals surface area contributed by atoms with E-state index in [1.165, 1.54) is 0 Å². The number of esters is 1. The first kappa shape index (κ1) is 18.7. The van der Waals surface area contributed by atoms with Crippen molar-refractivity contribution in [2.45, 2.75) is 39.5 Å². The molecule has 27 heavy (non-hydrogen) atoms. The largest absolute Gasteiger partial charge is 0.451 e. The third kappa shape index (κ3) is 4.37. The molecular weight excluding hydrogens is 340 g/mol. The molecule has 0 aliphatic carbocycles. The number of carbonyl (C=O) groups excluding carboxylic acids is 2. The van der Waals surface area contributed by atoms with Crippen molar-refractivity contribution in [3.63, 3.8) is 0 Å². The number of amides is 1. The van der Waals surface area contributed by atoms with Gasteiger partial charge in [0.15, 0.2) is 6.10 Å². The molecule has 0 saturated heterocycles. The summed E-state index contributed by atoms with van der Waals surface area (Å²) < 4.78 is 7.25. The third-order valence-electron chi connectivity index (χ3n) is 4.64. The molecule has 3 aromatic rings. The van der Waals surface area contributed by atoms with Gasteiger partial charge in [0.1, 0.15) is 6.54 Å². The molecule has 1 aromatic heterocycles. The summed E-state index contributed by atoms with van der Waals surface area (Å²) in [7, 11) is 0. The zero-order chi connectivity index (χ0) is 19.4. The standard InChI is InChI=1S/C22H24N2O3/c1-15-13-19-11-7-8-12-20(19)24(15)14-21(25)27-17(3)22(26)23-16(2)18-9-5-4-6-10-18/h4-13,16-17H,14H2,1-3H3,(H,23,26). The van der Waals surface area contributed by atoms with E-state index in [-0.39, 0.29) is 18.5 Å². The first-order chi connectivity index (χ1) is 13.0. The Morgan fingerprint density at radius 1 is 1.04 bits per heavy atom. The van der Waals surface area contributed by atoms with E-state index in [4.69, 9.17) is 4.74 Å². The van der Waals surface area contributed by atoms with Crippen molar-refractivity contribution < 1.29 is 14.3 Å². The van der Waals surface area contributed by atoms with E-state index < -0.39 is 12.1 Å². The molecule has 0 spiro atoms. The first-order valence-electron chi connectivity index (χ1n) is 9.05. The van der Waals surface area contributed by atoms with Crippen LogP contribution in [-0.4, -0.2) is 22.5 Å². The van der Waals surface area contributed by atoms with E-state index in [9.17, 15) is 9.59 Å². The first-order valence-corrected chi connectivity index (χ1v) is 9.05. The van der Waals surface area contributed by atoms with Crippen molar-refractivity contribution in [2.24, 2.45) is 0 Å². The van der Waals surface area contributed by atoms with Crippen LogP contribution in [0.4, 0.5) is 0 Å². The molecule has 2 unspecified atom stereocenters. The fraction of sp³-hybridized carbons (Fsp3) is 0.273. The van der Waals surface area contributed by atoms with Gasteiger partial charge in [-0.2, -0.15) is 0 Å². The summed E-state index contributed by atoms with van der Waals surface area (Å²) in [4.78, 5) is 24.7. The lowest BCUT2D eigenvalue weighted by atomic mass is 10.1. The minimum Gasteiger partial charge on any atom is -0.451 e. The highest BCUT2D eigenvalue weighted by atomic mass is 16.5. The molecule has 1 N–H and O–H groups in total. The number of ether oxygens (including phenoxy) is 1. The topological polar surface area (TPSA) is 60.3 Å². The normalized spacial score (nSPS) is 13.1. The minimum atomic E-state index is -0.856. The lowest BCUT2D eigenvalue weighted by Crippen LogP contribution is -2.37. The summed E-state index contributed by atoms with van der Waals surface area (Å²) >= 11 is 0. The molecule has 2 atom stereocenters. The van der Waals surface area contributed by atoms with Gasteiger partial charge in [0, 0.05) is 11.2 Å². The van der Waals surface area contributed by atoms with E-state index >= 15 is 0 Å². The van der Waals surface area contributed by atoms with E-state index in [0.29, 0.717) is 0 Å². The van der Waals surface area contributed by atoms with Crippen molar-refractivity contribution >= 4 is 22.8 Å². The smallest absolute Gasteiger partial charge is 0.326 e. The highest BCUT2D eigenvalue weighted by Gasteiger charge is 2.20. The monoisotopic (exact) mass is 364 g/mol. The Bertz CT molecular complexity index is 947. The number of aryl methyl sites for hydroxylation is 1. The van der Waals surface area contributed by atoms with Crippen LogP contribution in [0.15, 0.2) is 60.7 Å². The summed E-state index contributed by atoms with van der Waals surface area (Å²) in [6.45, 7) is 5.51. The quantitative estimate of drug-likeness (QED) is 0.678. The van der Waals surface area contributed by atoms with Crippen LogP contribution in [0, 0.1) is 6.92 Å². The number of nitrogens with zero attached hydrogens (tertiary/aromatic N) is 1. The molecule has 0 fully saturated rings. The van der Waals surface area contributed by atoms with E-state index in [1.807, 2.05) is 79.1 Å². The van der Waals surface area contributed by atoms with Gasteiger partial charge < -0.3 is 14.6 Å². The molecule has 1 amide bonds. The van der Waals surface area contributed by atoms with Crippen LogP contribution in [-0.2, 0) is 20.9 Å². The predicted octanol–water partition coefficient (Wildman–Crippen LogP) is 3.76. The Morgan fingerprint density at radius 3 is 2.44 bits per heavy atom. The van der Waals surface area contributed by atoms with E-state index in [1.54, 1.807) is 6.92 Å². The van der Waals surface area contributed by atoms with Crippen LogP contribution in [0.25, 0.3) is 10.9 Å². The fourth-order valence-corrected chi connectivity index (χ4v) is 3.13. The number of para-hydroxylation sites is 1. The Kier molecular flexibility index (Phi) is 5.60. The molecule has 0 aliphatic heterocycles. The lowest BCUT2D eigenvalue weighted by molar-refractivity contribution is -0.155. The van der Waals surface area contributed by atoms with Gasteiger partial charge in [0.2, 0.25) is 0 Å². The molecule has 140 valence electrons. The number of carbonyl (C=O) groups is 2. The van der Waals surface area contributed by atoms with Gasteiger partial charge in [-0.3, -0.25) is 9.59 Å². The van der Waals surface area contributed by atoms with Crippen molar-refractivity contribution in [3.8, 4) is 0 Å². The zero-order valence-corrected chi connectivity index (χ0v) is 15.8. The second-order valence-corrected chi connectivity index (χ2v) is 6.70. The average molecular weight is 364 g/mol. The molecule has 5 heteroatoms. The fourth-order valence-electron chi connectivity index (χ4n) is 3.13. The van der Waals surface area contributed by atoms with Gasteiger partial charge in [-0.05, 0) is 43.9 Å². The van der Waals surface area contributed by atoms with Crippen LogP contribution in [0.1, 0.15) is 31.1 Å². The summed E-state index contributed by atoms with van der Waals surface area (Å²) in [6.07, 6.45) is -0.856. The lowest BCUT2D eigenvalue weighted by Gasteiger charge is -2.18. The molecule has 5 nitrogen and oxygen atoms in total. The minimum absolute atomic E-state index is 0.0746. The van der Waals surface area contributed by atoms with Crippen LogP contribution in [0.2, 0.25) is 0 Å². The Balaban J connectivity index is 1.60. The van der Waals surface area contributed by atoms with Crippen LogP contribution < -0.4 is 5.32 Å². The number of hydrogen-bond acceptors (Lipinski definition) is 3. The van der Waals surface area contributed by atoms with Gasteiger partial charge in [0.05, 0.1) is 6.04 Å². The Morgan fingerprint density at radius 2 is 1.70 bits per heavy atom. The van der Waals surface area contributed by atoms with E-state index in [2.05, 4.69) is 5.32 Å². The van der Waals surface area contributed by atoms with Crippen molar-refractivity contribution in [2.75, 3.05) is 0 Å². The number of nitrogens with one attached hydrogen (secondary N) is 1. The van der Waals surface area contributed by atoms with Crippen molar-refractivity contribution in [3.05, 3.63) is 71.9 Å². The third-order valence-corrected chi connectivity index (χ3v) is 4.64. The van der Waals surface area contributed by atoms with Crippen molar-refractivity contribution in [1.29, 1.82) is 0 Å².